The molecule has 1 N–H and O–H groups in total. The number of hydrogen-bond donors (Lipinski definition) is 1. The van der Waals surface area contributed by atoms with Crippen molar-refractivity contribution in [2.75, 3.05) is 11.9 Å². The van der Waals surface area contributed by atoms with Gasteiger partial charge in [-0.3, -0.25) is 10.1 Å². The summed E-state index contributed by atoms with van der Waals surface area (Å²) in [5.74, 6) is -0.268. The average Bonchev–Trinajstić information content (AvgIpc) is 2.56. The molecule has 0 aliphatic carbocycles. The summed E-state index contributed by atoms with van der Waals surface area (Å²) in [7, 11) is 0. The first-order valence-corrected chi connectivity index (χ1v) is 7.39. The van der Waals surface area contributed by atoms with Crippen LogP contribution in [0.5, 0.6) is 0 Å². The topological polar surface area (TPSA) is 64.6 Å². The highest BCUT2D eigenvalue weighted by molar-refractivity contribution is 5.84. The lowest BCUT2D eigenvalue weighted by atomic mass is 10.1. The number of nitrogens with one attached hydrogen (secondary N) is 1. The zero-order valence-electron chi connectivity index (χ0n) is 13.0. The van der Waals surface area contributed by atoms with Gasteiger partial charge in [0.1, 0.15) is 6.61 Å². The van der Waals surface area contributed by atoms with E-state index in [9.17, 15) is 9.59 Å². The molecular weight excluding hydrogens is 294 g/mol. The lowest BCUT2D eigenvalue weighted by molar-refractivity contribution is -0.142. The highest BCUT2D eigenvalue weighted by atomic mass is 16.5. The second-order valence-electron chi connectivity index (χ2n) is 4.87. The molecule has 0 atom stereocenters. The number of esters is 1. The SMILES string of the molecule is CCOC(=O)Cc1ccc(NC(=O)OCc2ccccc2)cc1. The third kappa shape index (κ3) is 5.82. The molecule has 120 valence electrons. The quantitative estimate of drug-likeness (QED) is 0.828. The molecule has 0 saturated heterocycles. The van der Waals surface area contributed by atoms with Crippen molar-refractivity contribution in [3.05, 3.63) is 65.7 Å². The summed E-state index contributed by atoms with van der Waals surface area (Å²) in [5.41, 5.74) is 2.36. The van der Waals surface area contributed by atoms with E-state index in [0.29, 0.717) is 12.3 Å². The molecule has 2 rings (SSSR count). The van der Waals surface area contributed by atoms with Crippen LogP contribution in [-0.2, 0) is 27.3 Å². The Morgan fingerprint density at radius 2 is 1.61 bits per heavy atom. The minimum atomic E-state index is -0.521. The fourth-order valence-electron chi connectivity index (χ4n) is 1.96. The maximum absolute atomic E-state index is 11.7. The third-order valence-electron chi connectivity index (χ3n) is 3.07. The minimum absolute atomic E-state index is 0.215. The van der Waals surface area contributed by atoms with Crippen LogP contribution in [0.2, 0.25) is 0 Å². The van der Waals surface area contributed by atoms with Crippen LogP contribution in [0.15, 0.2) is 54.6 Å². The normalized spacial score (nSPS) is 9.96. The summed E-state index contributed by atoms with van der Waals surface area (Å²) in [4.78, 5) is 23.1. The first-order valence-electron chi connectivity index (χ1n) is 7.39. The number of ether oxygens (including phenoxy) is 2. The molecule has 0 saturated carbocycles. The van der Waals surface area contributed by atoms with E-state index < -0.39 is 6.09 Å². The van der Waals surface area contributed by atoms with E-state index in [4.69, 9.17) is 9.47 Å². The van der Waals surface area contributed by atoms with Gasteiger partial charge in [-0.1, -0.05) is 42.5 Å². The second kappa shape index (κ2) is 8.58. The van der Waals surface area contributed by atoms with E-state index in [0.717, 1.165) is 11.1 Å². The van der Waals surface area contributed by atoms with Crippen molar-refractivity contribution in [3.63, 3.8) is 0 Å². The molecule has 0 aliphatic rings. The molecule has 2 aromatic rings. The Hall–Kier alpha value is -2.82. The molecule has 0 bridgehead atoms. The third-order valence-corrected chi connectivity index (χ3v) is 3.07. The van der Waals surface area contributed by atoms with Crippen LogP contribution in [0.4, 0.5) is 10.5 Å². The van der Waals surface area contributed by atoms with Crippen molar-refractivity contribution in [1.82, 2.24) is 0 Å². The lowest BCUT2D eigenvalue weighted by Crippen LogP contribution is -2.13. The Labute approximate surface area is 135 Å². The molecule has 2 aromatic carbocycles. The summed E-state index contributed by atoms with van der Waals surface area (Å²) in [6.07, 6.45) is -0.306. The summed E-state index contributed by atoms with van der Waals surface area (Å²) >= 11 is 0. The zero-order valence-corrected chi connectivity index (χ0v) is 13.0. The number of carbonyl (C=O) groups excluding carboxylic acids is 2. The summed E-state index contributed by atoms with van der Waals surface area (Å²) in [6.45, 7) is 2.35. The van der Waals surface area contributed by atoms with Crippen LogP contribution < -0.4 is 5.32 Å². The van der Waals surface area contributed by atoms with Gasteiger partial charge in [0.2, 0.25) is 0 Å². The van der Waals surface area contributed by atoms with Crippen LogP contribution in [-0.4, -0.2) is 18.7 Å². The van der Waals surface area contributed by atoms with E-state index in [1.165, 1.54) is 0 Å². The Kier molecular flexibility index (Phi) is 6.17. The molecule has 0 unspecified atom stereocenters. The molecule has 0 fully saturated rings. The van der Waals surface area contributed by atoms with Gasteiger partial charge >= 0.3 is 12.1 Å². The van der Waals surface area contributed by atoms with E-state index >= 15 is 0 Å². The van der Waals surface area contributed by atoms with Crippen LogP contribution in [0, 0.1) is 0 Å². The van der Waals surface area contributed by atoms with E-state index in [2.05, 4.69) is 5.32 Å². The van der Waals surface area contributed by atoms with Crippen molar-refractivity contribution < 1.29 is 19.1 Å². The molecule has 0 spiro atoms. The molecule has 0 radical (unpaired) electrons. The van der Waals surface area contributed by atoms with Gasteiger partial charge in [-0.25, -0.2) is 4.79 Å². The van der Waals surface area contributed by atoms with Crippen molar-refractivity contribution >= 4 is 17.7 Å². The predicted octanol–water partition coefficient (Wildman–Crippen LogP) is 3.54. The summed E-state index contributed by atoms with van der Waals surface area (Å²) < 4.78 is 10.0. The van der Waals surface area contributed by atoms with Crippen LogP contribution >= 0.6 is 0 Å². The monoisotopic (exact) mass is 313 g/mol. The molecule has 0 aromatic heterocycles. The number of benzene rings is 2. The number of rotatable bonds is 6. The molecule has 0 aliphatic heterocycles. The number of amides is 1. The first-order chi connectivity index (χ1) is 11.2. The molecule has 1 amide bonds. The Bertz CT molecular complexity index is 638. The summed E-state index contributed by atoms with van der Waals surface area (Å²) in [5, 5.41) is 2.64. The Morgan fingerprint density at radius 3 is 2.26 bits per heavy atom. The predicted molar refractivity (Wildman–Crippen MR) is 87.0 cm³/mol. The maximum atomic E-state index is 11.7. The van der Waals surface area contributed by atoms with Gasteiger partial charge in [-0.05, 0) is 30.2 Å². The second-order valence-corrected chi connectivity index (χ2v) is 4.87. The van der Waals surface area contributed by atoms with Crippen molar-refractivity contribution in [3.8, 4) is 0 Å². The zero-order chi connectivity index (χ0) is 16.5. The highest BCUT2D eigenvalue weighted by Gasteiger charge is 2.06. The summed E-state index contributed by atoms with van der Waals surface area (Å²) in [6, 6.07) is 16.4. The molecule has 5 nitrogen and oxygen atoms in total. The Morgan fingerprint density at radius 1 is 0.913 bits per heavy atom. The molecule has 0 heterocycles. The Balaban J connectivity index is 1.80. The standard InChI is InChI=1S/C18H19NO4/c1-2-22-17(20)12-14-8-10-16(11-9-14)19-18(21)23-13-15-6-4-3-5-7-15/h3-11H,2,12-13H2,1H3,(H,19,21). The smallest absolute Gasteiger partial charge is 0.411 e. The number of anilines is 1. The number of hydrogen-bond acceptors (Lipinski definition) is 4. The van der Waals surface area contributed by atoms with E-state index in [1.807, 2.05) is 30.3 Å². The van der Waals surface area contributed by atoms with Gasteiger partial charge in [0.05, 0.1) is 13.0 Å². The van der Waals surface area contributed by atoms with Crippen molar-refractivity contribution in [2.24, 2.45) is 0 Å². The highest BCUT2D eigenvalue weighted by Crippen LogP contribution is 2.11. The van der Waals surface area contributed by atoms with Gasteiger partial charge in [0, 0.05) is 5.69 Å². The van der Waals surface area contributed by atoms with Crippen LogP contribution in [0.25, 0.3) is 0 Å². The fourth-order valence-corrected chi connectivity index (χ4v) is 1.96. The van der Waals surface area contributed by atoms with E-state index in [-0.39, 0.29) is 19.0 Å². The van der Waals surface area contributed by atoms with Gasteiger partial charge in [0.15, 0.2) is 0 Å². The van der Waals surface area contributed by atoms with E-state index in [1.54, 1.807) is 31.2 Å². The number of carbonyl (C=O) groups is 2. The molecule has 5 heteroatoms. The average molecular weight is 313 g/mol. The van der Waals surface area contributed by atoms with Gasteiger partial charge in [-0.15, -0.1) is 0 Å². The van der Waals surface area contributed by atoms with Gasteiger partial charge in [0.25, 0.3) is 0 Å². The minimum Gasteiger partial charge on any atom is -0.466 e. The van der Waals surface area contributed by atoms with Crippen LogP contribution in [0.1, 0.15) is 18.1 Å². The molecule has 23 heavy (non-hydrogen) atoms. The molecular formula is C18H19NO4. The fraction of sp³-hybridized carbons (Fsp3) is 0.222. The lowest BCUT2D eigenvalue weighted by Gasteiger charge is -2.08. The van der Waals surface area contributed by atoms with Crippen LogP contribution in [0.3, 0.4) is 0 Å². The van der Waals surface area contributed by atoms with Crippen molar-refractivity contribution in [2.45, 2.75) is 20.0 Å². The van der Waals surface area contributed by atoms with Gasteiger partial charge < -0.3 is 9.47 Å². The van der Waals surface area contributed by atoms with Gasteiger partial charge in [-0.2, -0.15) is 0 Å². The largest absolute Gasteiger partial charge is 0.466 e. The maximum Gasteiger partial charge on any atom is 0.411 e. The first kappa shape index (κ1) is 16.5. The van der Waals surface area contributed by atoms with Crippen molar-refractivity contribution in [1.29, 1.82) is 0 Å².